The summed E-state index contributed by atoms with van der Waals surface area (Å²) >= 11 is 2.37. The minimum absolute atomic E-state index is 0.124. The maximum atomic E-state index is 5.76. The van der Waals surface area contributed by atoms with Gasteiger partial charge in [-0.3, -0.25) is 4.99 Å². The predicted molar refractivity (Wildman–Crippen MR) is 71.8 cm³/mol. The number of hydrazone groups is 1. The summed E-state index contributed by atoms with van der Waals surface area (Å²) in [7, 11) is 0. The number of fused-ring (bicyclic) bond motifs is 1. The summed E-state index contributed by atoms with van der Waals surface area (Å²) in [4.78, 5) is 4.51. The van der Waals surface area contributed by atoms with Crippen molar-refractivity contribution in [1.82, 2.24) is 5.01 Å². The molecule has 5 heteroatoms. The molecule has 0 bridgehead atoms. The summed E-state index contributed by atoms with van der Waals surface area (Å²) in [5.74, 6) is 0.330. The normalized spacial score (nSPS) is 37.4. The number of hydrogen-bond donors (Lipinski definition) is 0. The van der Waals surface area contributed by atoms with Gasteiger partial charge in [0, 0.05) is 22.6 Å². The molecule has 3 atom stereocenters. The highest BCUT2D eigenvalue weighted by Gasteiger charge is 2.38. The fourth-order valence-electron chi connectivity index (χ4n) is 2.32. The molecular weight excluding hydrogens is 317 g/mol. The van der Waals surface area contributed by atoms with E-state index in [9.17, 15) is 0 Å². The maximum absolute atomic E-state index is 5.76. The number of nitrogens with zero attached hydrogens (tertiary/aromatic N) is 3. The van der Waals surface area contributed by atoms with Crippen LogP contribution in [0.2, 0.25) is 0 Å². The zero-order valence-electron chi connectivity index (χ0n) is 8.92. The van der Waals surface area contributed by atoms with E-state index in [4.69, 9.17) is 4.74 Å². The van der Waals surface area contributed by atoms with Crippen LogP contribution in [0.5, 0.6) is 0 Å². The van der Waals surface area contributed by atoms with Crippen LogP contribution in [-0.2, 0) is 4.74 Å². The van der Waals surface area contributed by atoms with Gasteiger partial charge in [-0.1, -0.05) is 0 Å². The summed E-state index contributed by atoms with van der Waals surface area (Å²) < 4.78 is 7.07. The topological polar surface area (TPSA) is 37.2 Å². The van der Waals surface area contributed by atoms with Gasteiger partial charge >= 0.3 is 0 Å². The molecule has 0 aromatic carbocycles. The van der Waals surface area contributed by atoms with Crippen LogP contribution >= 0.6 is 22.6 Å². The van der Waals surface area contributed by atoms with Gasteiger partial charge in [-0.05, 0) is 47.9 Å². The molecule has 0 radical (unpaired) electrons. The third kappa shape index (κ3) is 1.79. The van der Waals surface area contributed by atoms with Gasteiger partial charge in [0.25, 0.3) is 0 Å². The van der Waals surface area contributed by atoms with Crippen LogP contribution in [0.1, 0.15) is 19.3 Å². The van der Waals surface area contributed by atoms with Crippen molar-refractivity contribution in [1.29, 1.82) is 0 Å². The average molecular weight is 331 g/mol. The summed E-state index contributed by atoms with van der Waals surface area (Å²) in [5.41, 5.74) is 0. The monoisotopic (exact) mass is 331 g/mol. The van der Waals surface area contributed by atoms with Gasteiger partial charge in [-0.2, -0.15) is 5.10 Å². The molecule has 3 aliphatic heterocycles. The Labute approximate surface area is 109 Å². The molecule has 3 rings (SSSR count). The Morgan fingerprint density at radius 2 is 2.38 bits per heavy atom. The van der Waals surface area contributed by atoms with Gasteiger partial charge in [0.2, 0.25) is 0 Å². The third-order valence-corrected chi connectivity index (χ3v) is 4.27. The summed E-state index contributed by atoms with van der Waals surface area (Å²) in [6.07, 6.45) is 9.65. The van der Waals surface area contributed by atoms with Crippen LogP contribution in [-0.4, -0.2) is 36.4 Å². The van der Waals surface area contributed by atoms with E-state index in [0.29, 0.717) is 5.92 Å². The SMILES string of the molecule is IC1=CC=NC2C1C=NN2C1CCCCO1. The minimum atomic E-state index is 0.124. The third-order valence-electron chi connectivity index (χ3n) is 3.19. The van der Waals surface area contributed by atoms with E-state index in [1.54, 1.807) is 0 Å². The average Bonchev–Trinajstić information content (AvgIpc) is 2.75. The van der Waals surface area contributed by atoms with Crippen molar-refractivity contribution in [3.05, 3.63) is 9.66 Å². The maximum Gasteiger partial charge on any atom is 0.152 e. The lowest BCUT2D eigenvalue weighted by atomic mass is 10.1. The Hall–Kier alpha value is -0.430. The van der Waals surface area contributed by atoms with E-state index in [2.05, 4.69) is 38.8 Å². The molecule has 0 saturated carbocycles. The molecular formula is C11H14IN3O. The molecule has 0 spiro atoms. The highest BCUT2D eigenvalue weighted by atomic mass is 127. The Balaban J connectivity index is 1.76. The van der Waals surface area contributed by atoms with E-state index in [-0.39, 0.29) is 12.4 Å². The lowest BCUT2D eigenvalue weighted by molar-refractivity contribution is -0.0983. The zero-order chi connectivity index (χ0) is 11.0. The first-order chi connectivity index (χ1) is 7.86. The molecule has 4 nitrogen and oxygen atoms in total. The molecule has 0 amide bonds. The molecule has 3 aliphatic rings. The first-order valence-corrected chi connectivity index (χ1v) is 6.77. The van der Waals surface area contributed by atoms with Gasteiger partial charge in [-0.15, -0.1) is 0 Å². The Morgan fingerprint density at radius 3 is 3.19 bits per heavy atom. The fourth-order valence-corrected chi connectivity index (χ4v) is 2.97. The van der Waals surface area contributed by atoms with Gasteiger partial charge in [0.05, 0.1) is 5.92 Å². The summed E-state index contributed by atoms with van der Waals surface area (Å²) in [6.45, 7) is 0.852. The fraction of sp³-hybridized carbons (Fsp3) is 0.636. The van der Waals surface area contributed by atoms with E-state index in [1.165, 1.54) is 16.4 Å². The first kappa shape index (κ1) is 10.7. The molecule has 86 valence electrons. The van der Waals surface area contributed by atoms with E-state index >= 15 is 0 Å². The second-order valence-electron chi connectivity index (χ2n) is 4.25. The van der Waals surface area contributed by atoms with E-state index < -0.39 is 0 Å². The quantitative estimate of drug-likeness (QED) is 0.691. The smallest absolute Gasteiger partial charge is 0.152 e. The van der Waals surface area contributed by atoms with Crippen LogP contribution in [0.25, 0.3) is 0 Å². The van der Waals surface area contributed by atoms with Crippen molar-refractivity contribution >= 4 is 35.0 Å². The lowest BCUT2D eigenvalue weighted by Gasteiger charge is -2.34. The number of ether oxygens (including phenoxy) is 1. The Morgan fingerprint density at radius 1 is 1.44 bits per heavy atom. The standard InChI is InChI=1S/C11H14IN3O/c12-9-4-5-13-11-8(9)7-14-15(11)10-3-1-2-6-16-10/h4-5,7-8,10-11H,1-3,6H2. The van der Waals surface area contributed by atoms with E-state index in [1.807, 2.05) is 17.4 Å². The number of hydrogen-bond acceptors (Lipinski definition) is 4. The molecule has 0 aromatic heterocycles. The van der Waals surface area contributed by atoms with E-state index in [0.717, 1.165) is 13.0 Å². The number of rotatable bonds is 1. The van der Waals surface area contributed by atoms with Gasteiger partial charge in [0.1, 0.15) is 6.23 Å². The number of allylic oxidation sites excluding steroid dienone is 1. The van der Waals surface area contributed by atoms with Gasteiger partial charge in [-0.25, -0.2) is 5.01 Å². The summed E-state index contributed by atoms with van der Waals surface area (Å²) in [5, 5.41) is 6.51. The Bertz CT molecular complexity index is 360. The van der Waals surface area contributed by atoms with Crippen molar-refractivity contribution in [2.75, 3.05) is 6.61 Å². The molecule has 1 saturated heterocycles. The van der Waals surface area contributed by atoms with Crippen molar-refractivity contribution in [2.45, 2.75) is 31.7 Å². The van der Waals surface area contributed by atoms with Crippen molar-refractivity contribution in [3.63, 3.8) is 0 Å². The molecule has 3 unspecified atom stereocenters. The molecule has 16 heavy (non-hydrogen) atoms. The van der Waals surface area contributed by atoms with Gasteiger partial charge in [0.15, 0.2) is 6.17 Å². The molecule has 0 aliphatic carbocycles. The van der Waals surface area contributed by atoms with Crippen LogP contribution in [0.3, 0.4) is 0 Å². The highest BCUT2D eigenvalue weighted by molar-refractivity contribution is 14.1. The first-order valence-electron chi connectivity index (χ1n) is 5.69. The van der Waals surface area contributed by atoms with Gasteiger partial charge < -0.3 is 4.74 Å². The van der Waals surface area contributed by atoms with Crippen LogP contribution in [0.4, 0.5) is 0 Å². The predicted octanol–water partition coefficient (Wildman–Crippen LogP) is 2.16. The highest BCUT2D eigenvalue weighted by Crippen LogP contribution is 2.34. The van der Waals surface area contributed by atoms with Crippen LogP contribution < -0.4 is 0 Å². The molecule has 3 heterocycles. The number of dihydropyridines is 1. The molecule has 1 fully saturated rings. The summed E-state index contributed by atoms with van der Waals surface area (Å²) in [6, 6.07) is 0. The second-order valence-corrected chi connectivity index (χ2v) is 5.50. The number of aliphatic imine (C=N–C) groups is 1. The van der Waals surface area contributed by atoms with Crippen molar-refractivity contribution < 1.29 is 4.74 Å². The zero-order valence-corrected chi connectivity index (χ0v) is 11.1. The largest absolute Gasteiger partial charge is 0.357 e. The number of halogens is 1. The van der Waals surface area contributed by atoms with Crippen molar-refractivity contribution in [2.24, 2.45) is 16.0 Å². The lowest BCUT2D eigenvalue weighted by Crippen LogP contribution is -2.42. The van der Waals surface area contributed by atoms with Crippen LogP contribution in [0, 0.1) is 5.92 Å². The molecule has 0 aromatic rings. The molecule has 0 N–H and O–H groups in total. The van der Waals surface area contributed by atoms with Crippen LogP contribution in [0.15, 0.2) is 19.7 Å². The van der Waals surface area contributed by atoms with Crippen molar-refractivity contribution in [3.8, 4) is 0 Å². The minimum Gasteiger partial charge on any atom is -0.357 e. The Kier molecular flexibility index (Phi) is 2.97. The second kappa shape index (κ2) is 4.44.